The van der Waals surface area contributed by atoms with Gasteiger partial charge in [0.2, 0.25) is 0 Å². The highest BCUT2D eigenvalue weighted by atomic mass is 19.1. The van der Waals surface area contributed by atoms with Gasteiger partial charge in [-0.05, 0) is 61.7 Å². The van der Waals surface area contributed by atoms with Gasteiger partial charge in [0.25, 0.3) is 0 Å². The first-order valence-electron chi connectivity index (χ1n) is 8.79. The van der Waals surface area contributed by atoms with Crippen LogP contribution < -0.4 is 0 Å². The van der Waals surface area contributed by atoms with Gasteiger partial charge in [0.1, 0.15) is 6.17 Å². The molecule has 132 valence electrons. The molecule has 0 aromatic rings. The Balaban J connectivity index is 1.86. The van der Waals surface area contributed by atoms with Crippen LogP contribution in [-0.2, 0) is 4.79 Å². The summed E-state index contributed by atoms with van der Waals surface area (Å²) in [5, 5.41) is 21.2. The molecule has 0 unspecified atom stereocenters. The molecule has 3 fully saturated rings. The Hall–Kier alpha value is -1.07. The topological polar surface area (TPSA) is 57.5 Å². The molecule has 24 heavy (non-hydrogen) atoms. The fraction of sp³-hybridized carbons (Fsp3) is 0.737. The number of aliphatic hydroxyl groups is 2. The quantitative estimate of drug-likeness (QED) is 0.714. The Morgan fingerprint density at radius 1 is 1.17 bits per heavy atom. The first kappa shape index (κ1) is 16.4. The van der Waals surface area contributed by atoms with E-state index in [1.54, 1.807) is 6.92 Å². The van der Waals surface area contributed by atoms with Crippen LogP contribution in [0.4, 0.5) is 8.78 Å². The van der Waals surface area contributed by atoms with Crippen LogP contribution in [0.25, 0.3) is 0 Å². The van der Waals surface area contributed by atoms with Crippen LogP contribution in [0, 0.1) is 22.7 Å². The molecule has 0 amide bonds. The van der Waals surface area contributed by atoms with E-state index in [0.717, 1.165) is 0 Å². The first-order chi connectivity index (χ1) is 11.1. The second-order valence-electron chi connectivity index (χ2n) is 8.54. The van der Waals surface area contributed by atoms with E-state index in [9.17, 15) is 19.4 Å². The molecule has 0 aromatic carbocycles. The summed E-state index contributed by atoms with van der Waals surface area (Å²) in [5.41, 5.74) is -3.77. The van der Waals surface area contributed by atoms with Crippen molar-refractivity contribution in [2.45, 2.75) is 63.6 Å². The van der Waals surface area contributed by atoms with Gasteiger partial charge in [-0.15, -0.1) is 0 Å². The zero-order chi connectivity index (χ0) is 17.5. The number of fused-ring (bicyclic) bond motifs is 5. The largest absolute Gasteiger partial charge is 0.393 e. The van der Waals surface area contributed by atoms with E-state index in [2.05, 4.69) is 0 Å². The van der Waals surface area contributed by atoms with Crippen LogP contribution in [-0.4, -0.2) is 40.0 Å². The molecule has 0 radical (unpaired) electrons. The summed E-state index contributed by atoms with van der Waals surface area (Å²) in [7, 11) is 0. The zero-order valence-electron chi connectivity index (χ0n) is 14.0. The summed E-state index contributed by atoms with van der Waals surface area (Å²) in [5.74, 6) is -1.17. The average molecular weight is 338 g/mol. The van der Waals surface area contributed by atoms with Crippen LogP contribution in [0.5, 0.6) is 0 Å². The minimum atomic E-state index is -2.02. The van der Waals surface area contributed by atoms with Crippen molar-refractivity contribution in [3.05, 3.63) is 23.8 Å². The lowest BCUT2D eigenvalue weighted by atomic mass is 9.45. The minimum Gasteiger partial charge on any atom is -0.393 e. The maximum Gasteiger partial charge on any atom is 0.178 e. The molecule has 0 spiro atoms. The Morgan fingerprint density at radius 3 is 2.58 bits per heavy atom. The third-order valence-electron chi connectivity index (χ3n) is 7.58. The average Bonchev–Trinajstić information content (AvgIpc) is 2.80. The molecule has 4 aliphatic carbocycles. The highest BCUT2D eigenvalue weighted by Crippen LogP contribution is 2.67. The molecular weight excluding hydrogens is 314 g/mol. The molecule has 4 aliphatic rings. The summed E-state index contributed by atoms with van der Waals surface area (Å²) >= 11 is 0. The summed E-state index contributed by atoms with van der Waals surface area (Å²) in [6.07, 6.45) is 1.97. The SMILES string of the molecule is C[C@]12C[C@H](O)[C@@]3(F)[C@@H](C[C@H](F)C4=CC(=O)C=C[C@@]43C)[C@@H]1CC[C@H]2O. The number of allylic oxidation sites excluding steroid dienone is 4. The molecule has 3 nitrogen and oxygen atoms in total. The van der Waals surface area contributed by atoms with Crippen molar-refractivity contribution in [1.82, 2.24) is 0 Å². The van der Waals surface area contributed by atoms with E-state index in [1.165, 1.54) is 18.2 Å². The zero-order valence-corrected chi connectivity index (χ0v) is 14.0. The number of hydrogen-bond donors (Lipinski definition) is 2. The molecule has 4 rings (SSSR count). The molecule has 2 N–H and O–H groups in total. The molecule has 3 saturated carbocycles. The Morgan fingerprint density at radius 2 is 1.88 bits per heavy atom. The molecule has 8 atom stereocenters. The predicted octanol–water partition coefficient (Wildman–Crippen LogP) is 2.67. The van der Waals surface area contributed by atoms with Gasteiger partial charge < -0.3 is 10.2 Å². The Labute approximate surface area is 140 Å². The number of carbonyl (C=O) groups is 1. The summed E-state index contributed by atoms with van der Waals surface area (Å²) in [4.78, 5) is 11.7. The number of halogens is 2. The summed E-state index contributed by atoms with van der Waals surface area (Å²) < 4.78 is 31.4. The highest BCUT2D eigenvalue weighted by Gasteiger charge is 2.71. The van der Waals surface area contributed by atoms with Crippen molar-refractivity contribution in [2.24, 2.45) is 22.7 Å². The number of ketones is 1. The van der Waals surface area contributed by atoms with Gasteiger partial charge in [-0.3, -0.25) is 4.79 Å². The van der Waals surface area contributed by atoms with Crippen LogP contribution in [0.1, 0.15) is 39.5 Å². The normalized spacial score (nSPS) is 56.3. The lowest BCUT2D eigenvalue weighted by Crippen LogP contribution is -2.68. The number of aliphatic hydroxyl groups excluding tert-OH is 2. The number of alkyl halides is 2. The van der Waals surface area contributed by atoms with E-state index in [1.807, 2.05) is 6.92 Å². The van der Waals surface area contributed by atoms with Gasteiger partial charge >= 0.3 is 0 Å². The Kier molecular flexibility index (Phi) is 3.25. The van der Waals surface area contributed by atoms with Gasteiger partial charge in [0.05, 0.1) is 12.2 Å². The van der Waals surface area contributed by atoms with E-state index < -0.39 is 40.8 Å². The molecular formula is C19H24F2O3. The number of hydrogen-bond acceptors (Lipinski definition) is 3. The fourth-order valence-electron chi connectivity index (χ4n) is 6.18. The molecule has 0 aliphatic heterocycles. The monoisotopic (exact) mass is 338 g/mol. The maximum absolute atomic E-state index is 16.5. The van der Waals surface area contributed by atoms with E-state index in [4.69, 9.17) is 0 Å². The van der Waals surface area contributed by atoms with Crippen LogP contribution in [0.2, 0.25) is 0 Å². The summed E-state index contributed by atoms with van der Waals surface area (Å²) in [6, 6.07) is 0. The van der Waals surface area contributed by atoms with Crippen molar-refractivity contribution in [3.8, 4) is 0 Å². The van der Waals surface area contributed by atoms with E-state index in [-0.39, 0.29) is 30.1 Å². The highest BCUT2D eigenvalue weighted by molar-refractivity contribution is 6.01. The van der Waals surface area contributed by atoms with Crippen molar-refractivity contribution in [3.63, 3.8) is 0 Å². The van der Waals surface area contributed by atoms with Gasteiger partial charge in [-0.1, -0.05) is 13.0 Å². The lowest BCUT2D eigenvalue weighted by molar-refractivity contribution is -0.206. The van der Waals surface area contributed by atoms with Crippen molar-refractivity contribution >= 4 is 5.78 Å². The third-order valence-corrected chi connectivity index (χ3v) is 7.58. The van der Waals surface area contributed by atoms with E-state index in [0.29, 0.717) is 12.8 Å². The van der Waals surface area contributed by atoms with Gasteiger partial charge in [0, 0.05) is 11.3 Å². The maximum atomic E-state index is 16.5. The summed E-state index contributed by atoms with van der Waals surface area (Å²) in [6.45, 7) is 3.48. The number of rotatable bonds is 0. The number of carbonyl (C=O) groups excluding carboxylic acids is 1. The second kappa shape index (κ2) is 4.76. The van der Waals surface area contributed by atoms with Crippen LogP contribution in [0.15, 0.2) is 23.8 Å². The van der Waals surface area contributed by atoms with Gasteiger partial charge in [-0.2, -0.15) is 0 Å². The minimum absolute atomic E-state index is 0.0386. The fourth-order valence-corrected chi connectivity index (χ4v) is 6.18. The lowest BCUT2D eigenvalue weighted by Gasteiger charge is -2.62. The van der Waals surface area contributed by atoms with Crippen LogP contribution >= 0.6 is 0 Å². The van der Waals surface area contributed by atoms with E-state index >= 15 is 4.39 Å². The Bertz CT molecular complexity index is 659. The smallest absolute Gasteiger partial charge is 0.178 e. The standard InChI is InChI=1S/C19H24F2O3/c1-17-9-16(24)19(21)12(11(17)3-4-15(17)23)8-14(20)13-7-10(22)5-6-18(13,19)2/h5-7,11-12,14-16,23-24H,3-4,8-9H2,1-2H3/t11-,12-,14-,15+,16-,17-,18-,19-/m0/s1. The van der Waals surface area contributed by atoms with Gasteiger partial charge in [-0.25, -0.2) is 8.78 Å². The van der Waals surface area contributed by atoms with Crippen molar-refractivity contribution in [1.29, 1.82) is 0 Å². The molecule has 0 bridgehead atoms. The van der Waals surface area contributed by atoms with Crippen molar-refractivity contribution in [2.75, 3.05) is 0 Å². The second-order valence-corrected chi connectivity index (χ2v) is 8.54. The molecule has 5 heteroatoms. The molecule has 0 aromatic heterocycles. The van der Waals surface area contributed by atoms with Crippen LogP contribution in [0.3, 0.4) is 0 Å². The molecule has 0 saturated heterocycles. The van der Waals surface area contributed by atoms with Crippen molar-refractivity contribution < 1.29 is 23.8 Å². The van der Waals surface area contributed by atoms with Gasteiger partial charge in [0.15, 0.2) is 11.5 Å². The predicted molar refractivity (Wildman–Crippen MR) is 84.6 cm³/mol. The first-order valence-corrected chi connectivity index (χ1v) is 8.79. The molecule has 0 heterocycles. The third kappa shape index (κ3) is 1.70.